The summed E-state index contributed by atoms with van der Waals surface area (Å²) in [6.07, 6.45) is 17.5. The Labute approximate surface area is 691 Å². The largest absolute Gasteiger partial charge is 0.437 e. The van der Waals surface area contributed by atoms with Gasteiger partial charge in [0.2, 0.25) is 45.6 Å². The van der Waals surface area contributed by atoms with E-state index in [9.17, 15) is 0 Å². The van der Waals surface area contributed by atoms with Gasteiger partial charge in [0.15, 0.2) is 47.1 Å². The number of benzene rings is 8. The van der Waals surface area contributed by atoms with E-state index in [2.05, 4.69) is 170 Å². The molecule has 0 radical (unpaired) electrons. The molecule has 1 atom stereocenters. The number of aryl methyl sites for hydroxylation is 8. The molecule has 0 aliphatic heterocycles. The molecule has 12 nitrogen and oxygen atoms in total. The summed E-state index contributed by atoms with van der Waals surface area (Å²) in [5, 5.41) is 12.6. The molecular weight excluding hydrogens is 1440 g/mol. The summed E-state index contributed by atoms with van der Waals surface area (Å²) in [5.74, 6) is -3.36. The van der Waals surface area contributed by atoms with Gasteiger partial charge in [0.1, 0.15) is 28.2 Å². The van der Waals surface area contributed by atoms with Gasteiger partial charge in [-0.1, -0.05) is 181 Å². The number of fused-ring (bicyclic) bond motifs is 16. The summed E-state index contributed by atoms with van der Waals surface area (Å²) < 4.78 is 92.4. The van der Waals surface area contributed by atoms with Crippen molar-refractivity contribution in [3.8, 4) is 45.0 Å². The van der Waals surface area contributed by atoms with Crippen LogP contribution in [0.5, 0.6) is 0 Å². The second-order valence-electron chi connectivity index (χ2n) is 32.3. The number of aromatic nitrogens is 8. The molecule has 2 saturated carbocycles. The average Bonchev–Trinajstić information content (AvgIpc) is 1.61. The van der Waals surface area contributed by atoms with Gasteiger partial charge in [0.25, 0.3) is 0 Å². The number of nitrogens with zero attached hydrogens (tertiary/aromatic N) is 8. The fourth-order valence-electron chi connectivity index (χ4n) is 17.7. The predicted molar refractivity (Wildman–Crippen MR) is 477 cm³/mol. The molecule has 12 aromatic heterocycles. The Kier molecular flexibility index (Phi) is 17.3. The number of pyridine rings is 8. The highest BCUT2D eigenvalue weighted by atomic mass is 16.4. The van der Waals surface area contributed by atoms with Crippen LogP contribution in [0.1, 0.15) is 163 Å². The Hall–Kier alpha value is -12.8. The fourth-order valence-corrected chi connectivity index (χ4v) is 17.7. The van der Waals surface area contributed by atoms with Crippen molar-refractivity contribution < 1.29 is 45.5 Å². The molecule has 22 rings (SSSR count). The van der Waals surface area contributed by atoms with Crippen LogP contribution in [0.2, 0.25) is 0 Å². The molecule has 0 saturated heterocycles. The Morgan fingerprint density at radius 2 is 0.598 bits per heavy atom. The van der Waals surface area contributed by atoms with Crippen molar-refractivity contribution in [3.63, 3.8) is 0 Å². The van der Waals surface area contributed by atoms with Gasteiger partial charge in [-0.3, -0.25) is 0 Å². The smallest absolute Gasteiger partial charge is 0.227 e. The van der Waals surface area contributed by atoms with Gasteiger partial charge in [-0.2, -0.15) is 0 Å². The van der Waals surface area contributed by atoms with Crippen LogP contribution < -0.4 is 18.3 Å². The molecule has 0 amide bonds. The van der Waals surface area contributed by atoms with Crippen molar-refractivity contribution in [3.05, 3.63) is 288 Å². The van der Waals surface area contributed by atoms with E-state index in [1.54, 1.807) is 18.3 Å². The minimum atomic E-state index is -2.45. The topological polar surface area (TPSA) is 120 Å². The highest BCUT2D eigenvalue weighted by molar-refractivity contribution is 6.15. The van der Waals surface area contributed by atoms with Gasteiger partial charge in [-0.25, -0.2) is 38.2 Å². The van der Waals surface area contributed by atoms with Crippen molar-refractivity contribution >= 4 is 132 Å². The van der Waals surface area contributed by atoms with Crippen LogP contribution in [-0.4, -0.2) is 19.9 Å². The summed E-state index contributed by atoms with van der Waals surface area (Å²) in [6, 6.07) is 74.2. The molecule has 0 bridgehead atoms. The van der Waals surface area contributed by atoms with Crippen molar-refractivity contribution in [2.45, 2.75) is 137 Å². The minimum Gasteiger partial charge on any atom is -0.437 e. The molecule has 578 valence electrons. The lowest BCUT2D eigenvalue weighted by Crippen LogP contribution is -2.31. The maximum Gasteiger partial charge on any atom is 0.227 e. The Balaban J connectivity index is 0.000000108. The Morgan fingerprint density at radius 3 is 0.897 bits per heavy atom. The molecule has 117 heavy (non-hydrogen) atoms. The van der Waals surface area contributed by atoms with Gasteiger partial charge in [-0.05, 0) is 170 Å². The van der Waals surface area contributed by atoms with E-state index in [4.69, 9.17) is 47.2 Å². The predicted octanol–water partition coefficient (Wildman–Crippen LogP) is 25.7. The SMILES string of the molecule is [2H]C(C)(C)c1cc[n+](C)c(-c2c(C)ccc3c2oc2nc4ccccc4cc23)c1.[2H]C([2H])([2H])C([2H])(C)c1cc[n+](C)c(-c2c(C)ccc3c2oc2nc4ccccc4cc23)c1.[2H]C1(c2cc[n+](C)c(-c3c(C)ccc4c3oc3nc5ccccc5cc34)c2)CCCC1.[2H]C1(c2cc[n+](C)c(-c3c(C)ccc4c3oc3nc5ccccc5cc34)c2)CCCCC1. The van der Waals surface area contributed by atoms with Crippen LogP contribution >= 0.6 is 0 Å². The summed E-state index contributed by atoms with van der Waals surface area (Å²) in [6.45, 7) is 11.2. The minimum absolute atomic E-state index is 0.432. The van der Waals surface area contributed by atoms with Gasteiger partial charge < -0.3 is 17.7 Å². The van der Waals surface area contributed by atoms with Crippen LogP contribution in [0.3, 0.4) is 0 Å². The van der Waals surface area contributed by atoms with Crippen molar-refractivity contribution in [2.75, 3.05) is 0 Å². The third-order valence-electron chi connectivity index (χ3n) is 24.3. The highest BCUT2D eigenvalue weighted by Crippen LogP contribution is 2.45. The maximum absolute atomic E-state index is 9.14. The second-order valence-corrected chi connectivity index (χ2v) is 32.3. The van der Waals surface area contributed by atoms with Crippen molar-refractivity contribution in [2.24, 2.45) is 28.2 Å². The summed E-state index contributed by atoms with van der Waals surface area (Å²) >= 11 is 0. The lowest BCUT2D eigenvalue weighted by atomic mass is 9.84. The molecule has 0 spiro atoms. The molecular formula is C105H98N8O4+4. The second kappa shape index (κ2) is 30.4. The molecule has 12 heterocycles. The first-order valence-corrected chi connectivity index (χ1v) is 40.9. The zero-order valence-corrected chi connectivity index (χ0v) is 68.2. The highest BCUT2D eigenvalue weighted by Gasteiger charge is 2.30. The van der Waals surface area contributed by atoms with Crippen LogP contribution in [0.15, 0.2) is 261 Å². The third-order valence-corrected chi connectivity index (χ3v) is 24.3. The first-order valence-electron chi connectivity index (χ1n) is 44.4. The average molecular weight is 1540 g/mol. The van der Waals surface area contributed by atoms with Gasteiger partial charge in [-0.15, -0.1) is 0 Å². The first-order chi connectivity index (χ1) is 59.5. The lowest BCUT2D eigenvalue weighted by molar-refractivity contribution is -0.660. The molecule has 12 heteroatoms. The molecule has 2 fully saturated rings. The Bertz CT molecular complexity index is 7710. The van der Waals surface area contributed by atoms with Crippen molar-refractivity contribution in [1.29, 1.82) is 0 Å². The zero-order valence-electron chi connectivity index (χ0n) is 75.2. The fraction of sp³-hybridized carbons (Fsp3) is 0.238. The number of hydrogen-bond acceptors (Lipinski definition) is 8. The van der Waals surface area contributed by atoms with Crippen LogP contribution in [0.4, 0.5) is 0 Å². The molecule has 20 aromatic rings. The van der Waals surface area contributed by atoms with E-state index >= 15 is 0 Å². The zero-order chi connectivity index (χ0) is 86.2. The number of rotatable bonds is 8. The van der Waals surface area contributed by atoms with Gasteiger partial charge >= 0.3 is 0 Å². The first kappa shape index (κ1) is 66.5. The molecule has 0 N–H and O–H groups in total. The van der Waals surface area contributed by atoms with Gasteiger partial charge in [0, 0.05) is 123 Å². The molecule has 2 aliphatic rings. The normalized spacial score (nSPS) is 15.7. The quantitative estimate of drug-likeness (QED) is 0.138. The number of para-hydroxylation sites is 4. The van der Waals surface area contributed by atoms with Crippen LogP contribution in [0.25, 0.3) is 177 Å². The molecule has 8 aromatic carbocycles. The molecule has 2 aliphatic carbocycles. The van der Waals surface area contributed by atoms with E-state index in [1.807, 2.05) is 143 Å². The van der Waals surface area contributed by atoms with Crippen molar-refractivity contribution in [1.82, 2.24) is 19.9 Å². The van der Waals surface area contributed by atoms with Crippen LogP contribution in [0, 0.1) is 27.7 Å². The van der Waals surface area contributed by atoms with E-state index in [0.29, 0.717) is 34.0 Å². The van der Waals surface area contributed by atoms with Crippen LogP contribution in [-0.2, 0) is 28.2 Å². The third kappa shape index (κ3) is 13.7. The summed E-state index contributed by atoms with van der Waals surface area (Å²) in [5.41, 5.74) is 25.7. The summed E-state index contributed by atoms with van der Waals surface area (Å²) in [4.78, 5) is 19.1. The van der Waals surface area contributed by atoms with E-state index in [-0.39, 0.29) is 0 Å². The van der Waals surface area contributed by atoms with E-state index in [0.717, 1.165) is 239 Å². The lowest BCUT2D eigenvalue weighted by Gasteiger charge is -2.21. The number of hydrogen-bond donors (Lipinski definition) is 0. The Morgan fingerprint density at radius 1 is 0.325 bits per heavy atom. The van der Waals surface area contributed by atoms with Gasteiger partial charge in [0.05, 0.1) is 44.3 Å². The maximum atomic E-state index is 9.14. The standard InChI is InChI=1S/C28H27N2O.C27H25N2O.2C25H23N2O/c1-18-12-13-22-23-16-21-10-6-7-11-24(21)29-28(23)31-27(22)26(18)25-17-20(14-15-30(25)2)19-8-4-3-5-9-19;1-17-11-12-21-22-15-20-9-5-6-10-23(20)28-27(22)30-26(21)25(17)24-16-19(13-14-29(24)2)18-7-3-4-8-18;2*1-15(2)17-11-12-27(4)22(14-17)23-16(3)9-10-19-20-13-18-7-5-6-8-21(18)26-25(20)28-24(19)23/h6-7,10-17,19H,3-5,8-9H2,1-2H3;5-6,9-16,18H,3-4,7-8H2,1-2H3;2*5-15H,1-4H3/q4*+1/i19D;18D;1D3,15D;15D. The molecule has 1 unspecified atom stereocenters. The number of furan rings is 4. The monoisotopic (exact) mass is 1540 g/mol. The van der Waals surface area contributed by atoms with E-state index < -0.39 is 30.4 Å². The van der Waals surface area contributed by atoms with E-state index in [1.165, 1.54) is 13.3 Å². The summed E-state index contributed by atoms with van der Waals surface area (Å²) in [7, 11) is 8.08.